The van der Waals surface area contributed by atoms with Gasteiger partial charge in [0.1, 0.15) is 0 Å². The minimum atomic E-state index is -0.949. The van der Waals surface area contributed by atoms with Crippen LogP contribution in [0.1, 0.15) is 13.3 Å². The first-order valence-electron chi connectivity index (χ1n) is 3.80. The third-order valence-electron chi connectivity index (χ3n) is 1.08. The molecule has 0 bridgehead atoms. The summed E-state index contributed by atoms with van der Waals surface area (Å²) < 4.78 is 0.0199. The Morgan fingerprint density at radius 1 is 1.42 bits per heavy atom. The van der Waals surface area contributed by atoms with Gasteiger partial charge in [-0.25, -0.2) is 0 Å². The Kier molecular flexibility index (Phi) is 7.37. The molecular weight excluding hydrogens is 271 g/mol. The van der Waals surface area contributed by atoms with E-state index in [4.69, 9.17) is 0 Å². The van der Waals surface area contributed by atoms with Crippen LogP contribution < -0.4 is 31.8 Å². The Labute approximate surface area is 82.7 Å². The second kappa shape index (κ2) is 7.48. The first-order chi connectivity index (χ1) is 5.70. The number of amides is 1. The molecule has 0 radical (unpaired) electrons. The minimum absolute atomic E-state index is 0.0718. The summed E-state index contributed by atoms with van der Waals surface area (Å²) in [5.41, 5.74) is 0. The maximum absolute atomic E-state index is 11.0. The van der Waals surface area contributed by atoms with E-state index < -0.39 is 21.2 Å². The van der Waals surface area contributed by atoms with E-state index in [1.165, 1.54) is 0 Å². The van der Waals surface area contributed by atoms with Crippen molar-refractivity contribution in [2.75, 3.05) is 20.1 Å². The van der Waals surface area contributed by atoms with Gasteiger partial charge in [0.15, 0.2) is 0 Å². The summed E-state index contributed by atoms with van der Waals surface area (Å²) in [7, 11) is 1.79. The van der Waals surface area contributed by atoms with Crippen LogP contribution in [-0.4, -0.2) is 27.8 Å². The molecular formula is C7H14IN2O2-. The molecule has 0 saturated carbocycles. The summed E-state index contributed by atoms with van der Waals surface area (Å²) in [6.07, 6.45) is 0.473. The molecule has 0 heterocycles. The molecule has 0 unspecified atom stereocenters. The summed E-state index contributed by atoms with van der Waals surface area (Å²) >= 11 is -0.949. The molecule has 1 amide bonds. The molecule has 0 fully saturated rings. The van der Waals surface area contributed by atoms with Gasteiger partial charge in [-0.1, -0.05) is 0 Å². The standard InChI is InChI=1S/C7H14IN2O2/c1-3-10-7(12)8-6(11)4-5-9-2/h9H,3-5H2,1-2H3,(H,10,12)/q-1. The van der Waals surface area contributed by atoms with Gasteiger partial charge < -0.3 is 0 Å². The molecule has 12 heavy (non-hydrogen) atoms. The average molecular weight is 285 g/mol. The number of carbonyl (C=O) groups is 2. The predicted octanol–water partition coefficient (Wildman–Crippen LogP) is -3.06. The van der Waals surface area contributed by atoms with Crippen molar-refractivity contribution in [3.05, 3.63) is 0 Å². The number of rotatable bonds is 6. The van der Waals surface area contributed by atoms with Gasteiger partial charge in [0.05, 0.1) is 0 Å². The van der Waals surface area contributed by atoms with Crippen LogP contribution in [-0.2, 0) is 4.79 Å². The summed E-state index contributed by atoms with van der Waals surface area (Å²) in [6, 6.07) is 0. The Balaban J connectivity index is 3.47. The molecule has 0 rings (SSSR count). The summed E-state index contributed by atoms with van der Waals surface area (Å²) in [5.74, 6) is 0. The zero-order valence-corrected chi connectivity index (χ0v) is 9.47. The zero-order chi connectivity index (χ0) is 9.40. The van der Waals surface area contributed by atoms with E-state index in [1.807, 2.05) is 6.92 Å². The number of hydrogen-bond acceptors (Lipinski definition) is 3. The van der Waals surface area contributed by atoms with Crippen LogP contribution in [0.15, 0.2) is 0 Å². The maximum atomic E-state index is 11.0. The molecule has 0 aliphatic rings. The van der Waals surface area contributed by atoms with E-state index in [0.29, 0.717) is 19.5 Å². The summed E-state index contributed by atoms with van der Waals surface area (Å²) in [6.45, 7) is 3.12. The van der Waals surface area contributed by atoms with Gasteiger partial charge >= 0.3 is 82.6 Å². The summed E-state index contributed by atoms with van der Waals surface area (Å²) in [4.78, 5) is 21.9. The second-order valence-electron chi connectivity index (χ2n) is 2.11. The Morgan fingerprint density at radius 2 is 2.08 bits per heavy atom. The fourth-order valence-corrected chi connectivity index (χ4v) is 2.20. The van der Waals surface area contributed by atoms with Crippen LogP contribution in [0.25, 0.3) is 0 Å². The van der Waals surface area contributed by atoms with E-state index in [0.717, 1.165) is 0 Å². The molecule has 72 valence electrons. The van der Waals surface area contributed by atoms with Crippen LogP contribution >= 0.6 is 0 Å². The fraction of sp³-hybridized carbons (Fsp3) is 0.714. The van der Waals surface area contributed by atoms with E-state index in [1.54, 1.807) is 7.05 Å². The number of carbonyl (C=O) groups excluding carboxylic acids is 2. The van der Waals surface area contributed by atoms with E-state index in [9.17, 15) is 9.59 Å². The van der Waals surface area contributed by atoms with E-state index in [-0.39, 0.29) is 7.70 Å². The molecule has 0 saturated heterocycles. The molecule has 0 aromatic carbocycles. The van der Waals surface area contributed by atoms with Gasteiger partial charge in [-0.15, -0.1) is 0 Å². The van der Waals surface area contributed by atoms with Gasteiger partial charge in [0, 0.05) is 0 Å². The van der Waals surface area contributed by atoms with Gasteiger partial charge in [-0.05, 0) is 0 Å². The van der Waals surface area contributed by atoms with Crippen molar-refractivity contribution in [2.45, 2.75) is 13.3 Å². The molecule has 0 atom stereocenters. The second-order valence-corrected chi connectivity index (χ2v) is 4.83. The number of hydrogen-bond donors (Lipinski definition) is 2. The molecule has 0 aliphatic carbocycles. The van der Waals surface area contributed by atoms with Crippen LogP contribution in [0, 0.1) is 0 Å². The SMILES string of the molecule is CCNC(=O)[I-]C(=O)CCNC. The molecule has 0 aromatic rings. The van der Waals surface area contributed by atoms with Gasteiger partial charge in [-0.2, -0.15) is 0 Å². The topological polar surface area (TPSA) is 58.2 Å². The monoisotopic (exact) mass is 285 g/mol. The predicted molar refractivity (Wildman–Crippen MR) is 42.6 cm³/mol. The molecule has 0 aromatic heterocycles. The number of nitrogens with one attached hydrogen (secondary N) is 2. The van der Waals surface area contributed by atoms with Crippen LogP contribution in [0.5, 0.6) is 0 Å². The molecule has 2 N–H and O–H groups in total. The Morgan fingerprint density at radius 3 is 2.58 bits per heavy atom. The van der Waals surface area contributed by atoms with Crippen molar-refractivity contribution < 1.29 is 30.8 Å². The molecule has 0 spiro atoms. The molecule has 4 nitrogen and oxygen atoms in total. The average Bonchev–Trinajstić information content (AvgIpc) is 2.01. The van der Waals surface area contributed by atoms with E-state index >= 15 is 0 Å². The van der Waals surface area contributed by atoms with Crippen molar-refractivity contribution in [3.63, 3.8) is 0 Å². The van der Waals surface area contributed by atoms with E-state index in [2.05, 4.69) is 10.6 Å². The molecule has 0 aliphatic heterocycles. The number of halogens is 1. The van der Waals surface area contributed by atoms with Crippen LogP contribution in [0.3, 0.4) is 0 Å². The third kappa shape index (κ3) is 6.53. The van der Waals surface area contributed by atoms with Crippen LogP contribution in [0.4, 0.5) is 4.79 Å². The molecule has 5 heteroatoms. The Bertz CT molecular complexity index is 161. The van der Waals surface area contributed by atoms with Crippen LogP contribution in [0.2, 0.25) is 0 Å². The fourth-order valence-electron chi connectivity index (χ4n) is 0.539. The first-order valence-corrected chi connectivity index (χ1v) is 5.96. The van der Waals surface area contributed by atoms with Crippen molar-refractivity contribution >= 4 is 7.70 Å². The third-order valence-corrected chi connectivity index (χ3v) is 3.09. The van der Waals surface area contributed by atoms with Crippen molar-refractivity contribution in [1.29, 1.82) is 0 Å². The van der Waals surface area contributed by atoms with Gasteiger partial charge in [0.2, 0.25) is 0 Å². The van der Waals surface area contributed by atoms with Crippen molar-refractivity contribution in [3.8, 4) is 0 Å². The zero-order valence-electron chi connectivity index (χ0n) is 7.32. The van der Waals surface area contributed by atoms with Crippen molar-refractivity contribution in [2.24, 2.45) is 0 Å². The quantitative estimate of drug-likeness (QED) is 0.309. The first kappa shape index (κ1) is 11.8. The van der Waals surface area contributed by atoms with Gasteiger partial charge in [0.25, 0.3) is 0 Å². The Hall–Kier alpha value is -0.170. The summed E-state index contributed by atoms with van der Waals surface area (Å²) in [5, 5.41) is 5.49. The normalized spacial score (nSPS) is 9.83. The van der Waals surface area contributed by atoms with Crippen molar-refractivity contribution in [1.82, 2.24) is 10.6 Å². The van der Waals surface area contributed by atoms with Gasteiger partial charge in [-0.3, -0.25) is 0 Å².